The third kappa shape index (κ3) is 4.21. The van der Waals surface area contributed by atoms with Crippen molar-refractivity contribution in [1.29, 1.82) is 5.26 Å². The first kappa shape index (κ1) is 23.8. The van der Waals surface area contributed by atoms with E-state index < -0.39 is 23.4 Å². The van der Waals surface area contributed by atoms with E-state index in [1.807, 2.05) is 0 Å². The number of aromatic nitrogens is 3. The van der Waals surface area contributed by atoms with Crippen LogP contribution in [0.1, 0.15) is 18.4 Å². The van der Waals surface area contributed by atoms with Gasteiger partial charge in [0.2, 0.25) is 11.7 Å². The highest BCUT2D eigenvalue weighted by molar-refractivity contribution is 6.24. The largest absolute Gasteiger partial charge is 0.439 e. The summed E-state index contributed by atoms with van der Waals surface area (Å²) in [5, 5.41) is 17.3. The summed E-state index contributed by atoms with van der Waals surface area (Å²) in [7, 11) is 0. The van der Waals surface area contributed by atoms with Crippen LogP contribution in [0.3, 0.4) is 0 Å². The standard InChI is InChI=1S/C27H19N7O5/c28-14-16-2-4-17(5-3-16)22-30-23(39-33-22)18-6-9-20(10-7-18)38-21-11-8-19(15-29-21)34-13-1-12-27(34)24(35)31-26(37)32-25(27)36/h2-11,15H,1,12-13H2,(H2,31,32,35,36,37). The molecule has 4 amide bonds. The smallest absolute Gasteiger partial charge is 0.328 e. The molecule has 2 aromatic carbocycles. The molecular weight excluding hydrogens is 502 g/mol. The second-order valence-electron chi connectivity index (χ2n) is 8.95. The monoisotopic (exact) mass is 521 g/mol. The molecular formula is C27H19N7O5. The third-order valence-electron chi connectivity index (χ3n) is 6.64. The lowest BCUT2D eigenvalue weighted by Gasteiger charge is -2.38. The normalized spacial score (nSPS) is 16.1. The number of ether oxygens (including phenoxy) is 1. The SMILES string of the molecule is N#Cc1ccc(-c2noc(-c3ccc(Oc4ccc(N5CCCC56C(=O)NC(=O)NC6=O)cn4)cc3)n2)cc1. The van der Waals surface area contributed by atoms with Gasteiger partial charge in [0, 0.05) is 23.7 Å². The van der Waals surface area contributed by atoms with E-state index >= 15 is 0 Å². The molecule has 0 radical (unpaired) electrons. The molecule has 2 aliphatic heterocycles. The van der Waals surface area contributed by atoms with Crippen molar-refractivity contribution in [1.82, 2.24) is 25.8 Å². The number of urea groups is 1. The van der Waals surface area contributed by atoms with Crippen LogP contribution in [0, 0.1) is 11.3 Å². The van der Waals surface area contributed by atoms with Gasteiger partial charge >= 0.3 is 6.03 Å². The van der Waals surface area contributed by atoms with Crippen LogP contribution in [0.15, 0.2) is 71.4 Å². The molecule has 6 rings (SSSR count). The lowest BCUT2D eigenvalue weighted by molar-refractivity contribution is -0.137. The van der Waals surface area contributed by atoms with Gasteiger partial charge in [0.05, 0.1) is 23.5 Å². The molecule has 0 atom stereocenters. The van der Waals surface area contributed by atoms with Gasteiger partial charge in [-0.3, -0.25) is 20.2 Å². The van der Waals surface area contributed by atoms with Crippen LogP contribution in [0.5, 0.6) is 11.6 Å². The molecule has 12 heteroatoms. The number of nitrogens with one attached hydrogen (secondary N) is 2. The van der Waals surface area contributed by atoms with Crippen LogP contribution in [-0.4, -0.2) is 45.1 Å². The number of benzene rings is 2. The molecule has 39 heavy (non-hydrogen) atoms. The Morgan fingerprint density at radius 3 is 2.33 bits per heavy atom. The molecule has 4 aromatic rings. The number of hydrogen-bond donors (Lipinski definition) is 2. The van der Waals surface area contributed by atoms with Crippen LogP contribution in [0.2, 0.25) is 0 Å². The molecule has 0 bridgehead atoms. The summed E-state index contributed by atoms with van der Waals surface area (Å²) in [4.78, 5) is 47.3. The predicted molar refractivity (Wildman–Crippen MR) is 135 cm³/mol. The zero-order chi connectivity index (χ0) is 27.0. The molecule has 0 unspecified atom stereocenters. The second kappa shape index (κ2) is 9.38. The maximum Gasteiger partial charge on any atom is 0.328 e. The van der Waals surface area contributed by atoms with Gasteiger partial charge in [-0.15, -0.1) is 0 Å². The van der Waals surface area contributed by atoms with Crippen LogP contribution in [0.25, 0.3) is 22.8 Å². The lowest BCUT2D eigenvalue weighted by Crippen LogP contribution is -2.71. The number of anilines is 1. The number of carbonyl (C=O) groups is 3. The van der Waals surface area contributed by atoms with Crippen LogP contribution in [0.4, 0.5) is 10.5 Å². The summed E-state index contributed by atoms with van der Waals surface area (Å²) in [6.45, 7) is 0.459. The van der Waals surface area contributed by atoms with E-state index in [0.29, 0.717) is 53.1 Å². The summed E-state index contributed by atoms with van der Waals surface area (Å²) in [6, 6.07) is 18.5. The highest BCUT2D eigenvalue weighted by Gasteiger charge is 2.57. The molecule has 1 spiro atoms. The van der Waals surface area contributed by atoms with Crippen molar-refractivity contribution in [2.45, 2.75) is 18.4 Å². The molecule has 2 aliphatic rings. The minimum absolute atomic E-state index is 0.289. The average Bonchev–Trinajstić information content (AvgIpc) is 3.62. The lowest BCUT2D eigenvalue weighted by atomic mass is 9.92. The van der Waals surface area contributed by atoms with Crippen LogP contribution < -0.4 is 20.3 Å². The summed E-state index contributed by atoms with van der Waals surface area (Å²) in [6.07, 6.45) is 2.42. The van der Waals surface area contributed by atoms with Gasteiger partial charge in [-0.1, -0.05) is 5.16 Å². The van der Waals surface area contributed by atoms with Gasteiger partial charge in [-0.05, 0) is 67.4 Å². The van der Waals surface area contributed by atoms with Crippen molar-refractivity contribution < 1.29 is 23.6 Å². The first-order valence-corrected chi connectivity index (χ1v) is 12.0. The Labute approximate surface area is 221 Å². The van der Waals surface area contributed by atoms with Crippen molar-refractivity contribution in [2.24, 2.45) is 0 Å². The molecule has 0 saturated carbocycles. The van der Waals surface area contributed by atoms with Gasteiger partial charge in [-0.25, -0.2) is 9.78 Å². The zero-order valence-corrected chi connectivity index (χ0v) is 20.2. The van der Waals surface area contributed by atoms with Crippen molar-refractivity contribution in [3.05, 3.63) is 72.4 Å². The van der Waals surface area contributed by atoms with Crippen LogP contribution >= 0.6 is 0 Å². The minimum Gasteiger partial charge on any atom is -0.439 e. The van der Waals surface area contributed by atoms with Gasteiger partial charge in [0.25, 0.3) is 17.7 Å². The summed E-state index contributed by atoms with van der Waals surface area (Å²) >= 11 is 0. The summed E-state index contributed by atoms with van der Waals surface area (Å²) < 4.78 is 11.2. The zero-order valence-electron chi connectivity index (χ0n) is 20.2. The van der Waals surface area contributed by atoms with E-state index in [9.17, 15) is 14.4 Å². The molecule has 0 aliphatic carbocycles. The molecule has 2 aromatic heterocycles. The fourth-order valence-electron chi connectivity index (χ4n) is 4.72. The van der Waals surface area contributed by atoms with Crippen molar-refractivity contribution in [3.63, 3.8) is 0 Å². The van der Waals surface area contributed by atoms with Gasteiger partial charge in [0.15, 0.2) is 5.54 Å². The summed E-state index contributed by atoms with van der Waals surface area (Å²) in [5.41, 5.74) is 1.05. The predicted octanol–water partition coefficient (Wildman–Crippen LogP) is 3.17. The number of hydrogen-bond acceptors (Lipinski definition) is 10. The van der Waals surface area contributed by atoms with Crippen molar-refractivity contribution in [2.75, 3.05) is 11.4 Å². The van der Waals surface area contributed by atoms with E-state index in [4.69, 9.17) is 14.5 Å². The molecule has 2 fully saturated rings. The topological polar surface area (TPSA) is 163 Å². The van der Waals surface area contributed by atoms with E-state index in [-0.39, 0.29) is 6.42 Å². The fraction of sp³-hybridized carbons (Fsp3) is 0.148. The second-order valence-corrected chi connectivity index (χ2v) is 8.95. The Hall–Kier alpha value is -5.57. The highest BCUT2D eigenvalue weighted by atomic mass is 16.5. The Morgan fingerprint density at radius 2 is 1.67 bits per heavy atom. The number of amides is 4. The number of nitrogens with zero attached hydrogens (tertiary/aromatic N) is 5. The van der Waals surface area contributed by atoms with E-state index in [1.165, 1.54) is 6.20 Å². The number of carbonyl (C=O) groups excluding carboxylic acids is 3. The molecule has 2 saturated heterocycles. The van der Waals surface area contributed by atoms with E-state index in [2.05, 4.69) is 31.8 Å². The van der Waals surface area contributed by atoms with Crippen molar-refractivity contribution in [3.8, 4) is 40.5 Å². The maximum absolute atomic E-state index is 12.7. The van der Waals surface area contributed by atoms with Gasteiger partial charge in [0.1, 0.15) is 5.75 Å². The first-order valence-electron chi connectivity index (χ1n) is 12.0. The highest BCUT2D eigenvalue weighted by Crippen LogP contribution is 2.36. The molecule has 2 N–H and O–H groups in total. The number of imide groups is 2. The average molecular weight is 521 g/mol. The van der Waals surface area contributed by atoms with E-state index in [0.717, 1.165) is 5.56 Å². The molecule has 4 heterocycles. The van der Waals surface area contributed by atoms with Gasteiger partial charge < -0.3 is 14.2 Å². The number of nitriles is 1. The number of rotatable bonds is 5. The van der Waals surface area contributed by atoms with Crippen LogP contribution in [-0.2, 0) is 9.59 Å². The Morgan fingerprint density at radius 1 is 0.949 bits per heavy atom. The third-order valence-corrected chi connectivity index (χ3v) is 6.64. The Bertz CT molecular complexity index is 1600. The number of barbiturate groups is 1. The molecule has 12 nitrogen and oxygen atoms in total. The fourth-order valence-corrected chi connectivity index (χ4v) is 4.72. The number of pyridine rings is 1. The summed E-state index contributed by atoms with van der Waals surface area (Å²) in [5.74, 6) is 0.300. The minimum atomic E-state index is -1.48. The maximum atomic E-state index is 12.7. The molecule has 192 valence electrons. The van der Waals surface area contributed by atoms with E-state index in [1.54, 1.807) is 65.6 Å². The van der Waals surface area contributed by atoms with Gasteiger partial charge in [-0.2, -0.15) is 10.2 Å². The Balaban J connectivity index is 1.14. The quantitative estimate of drug-likeness (QED) is 0.373. The first-order chi connectivity index (χ1) is 19.0. The Kier molecular flexibility index (Phi) is 5.73. The van der Waals surface area contributed by atoms with Crippen molar-refractivity contribution >= 4 is 23.5 Å².